The standard InChI is InChI=1S/C26H40N6O/c1-5-6-7-11-28-25-24-26(3,30-20(2)29-25)10-14-32(24)19-22-9-8-21(17-23(22)33-4)18-31-15-12-27-13-16-31/h8-10,14,17,27-28H,5-7,11-13,15-16,18-19H2,1-4H3,(H,29,30). The van der Waals surface area contributed by atoms with E-state index in [0.717, 1.165) is 69.6 Å². The number of aliphatic imine (C=N–C) groups is 1. The van der Waals surface area contributed by atoms with E-state index in [2.05, 4.69) is 70.1 Å². The molecule has 3 aliphatic heterocycles. The summed E-state index contributed by atoms with van der Waals surface area (Å²) in [6.07, 6.45) is 7.99. The molecule has 1 aromatic carbocycles. The van der Waals surface area contributed by atoms with Crippen LogP contribution in [-0.2, 0) is 13.1 Å². The van der Waals surface area contributed by atoms with Crippen LogP contribution in [0.5, 0.6) is 5.75 Å². The Labute approximate surface area is 199 Å². The first-order valence-electron chi connectivity index (χ1n) is 12.4. The van der Waals surface area contributed by atoms with Gasteiger partial charge in [0.1, 0.15) is 22.9 Å². The molecule has 4 rings (SSSR count). The van der Waals surface area contributed by atoms with Crippen molar-refractivity contribution >= 4 is 5.84 Å². The van der Waals surface area contributed by atoms with Crippen molar-refractivity contribution in [2.24, 2.45) is 4.99 Å². The van der Waals surface area contributed by atoms with Crippen LogP contribution in [0.1, 0.15) is 51.2 Å². The third-order valence-electron chi connectivity index (χ3n) is 6.68. The van der Waals surface area contributed by atoms with E-state index in [1.807, 2.05) is 6.92 Å². The normalized spacial score (nSPS) is 22.8. The Hall–Kier alpha value is -2.51. The number of hydrogen-bond acceptors (Lipinski definition) is 7. The lowest BCUT2D eigenvalue weighted by atomic mass is 9.98. The van der Waals surface area contributed by atoms with E-state index in [1.165, 1.54) is 29.7 Å². The third kappa shape index (κ3) is 5.53. The van der Waals surface area contributed by atoms with Crippen molar-refractivity contribution in [1.29, 1.82) is 0 Å². The summed E-state index contributed by atoms with van der Waals surface area (Å²) in [6.45, 7) is 13.4. The Morgan fingerprint density at radius 1 is 1.18 bits per heavy atom. The first kappa shape index (κ1) is 23.6. The van der Waals surface area contributed by atoms with Gasteiger partial charge in [0.05, 0.1) is 19.4 Å². The minimum absolute atomic E-state index is 0.349. The summed E-state index contributed by atoms with van der Waals surface area (Å²) in [4.78, 5) is 9.72. The molecule has 7 heteroatoms. The molecule has 0 spiro atoms. The van der Waals surface area contributed by atoms with Gasteiger partial charge in [0.15, 0.2) is 0 Å². The van der Waals surface area contributed by atoms with Gasteiger partial charge in [0.25, 0.3) is 0 Å². The molecule has 1 fully saturated rings. The predicted octanol–water partition coefficient (Wildman–Crippen LogP) is 3.16. The molecule has 1 saturated heterocycles. The number of fused-ring (bicyclic) bond motifs is 1. The number of hydrogen-bond donors (Lipinski definition) is 3. The number of nitrogens with one attached hydrogen (secondary N) is 3. The lowest BCUT2D eigenvalue weighted by molar-refractivity contribution is 0.233. The smallest absolute Gasteiger partial charge is 0.127 e. The molecule has 7 nitrogen and oxygen atoms in total. The van der Waals surface area contributed by atoms with Crippen molar-refractivity contribution in [3.8, 4) is 5.75 Å². The van der Waals surface area contributed by atoms with Crippen LogP contribution in [-0.4, -0.2) is 61.0 Å². The molecule has 3 aliphatic rings. The highest BCUT2D eigenvalue weighted by molar-refractivity contribution is 5.84. The zero-order chi connectivity index (χ0) is 23.3. The van der Waals surface area contributed by atoms with Crippen LogP contribution in [0.25, 0.3) is 0 Å². The average molecular weight is 453 g/mol. The van der Waals surface area contributed by atoms with Gasteiger partial charge in [-0.25, -0.2) is 0 Å². The Balaban J connectivity index is 1.51. The van der Waals surface area contributed by atoms with Gasteiger partial charge in [0, 0.05) is 51.0 Å². The molecule has 0 amide bonds. The second-order valence-corrected chi connectivity index (χ2v) is 9.44. The minimum atomic E-state index is -0.349. The van der Waals surface area contributed by atoms with Crippen molar-refractivity contribution in [3.05, 3.63) is 53.1 Å². The van der Waals surface area contributed by atoms with E-state index in [-0.39, 0.29) is 5.54 Å². The van der Waals surface area contributed by atoms with Crippen molar-refractivity contribution in [3.63, 3.8) is 0 Å². The Kier molecular flexibility index (Phi) is 7.60. The number of unbranched alkanes of at least 4 members (excludes halogenated alkanes) is 2. The summed E-state index contributed by atoms with van der Waals surface area (Å²) in [7, 11) is 1.77. The van der Waals surface area contributed by atoms with E-state index in [1.54, 1.807) is 7.11 Å². The van der Waals surface area contributed by atoms with E-state index < -0.39 is 0 Å². The fourth-order valence-corrected chi connectivity index (χ4v) is 4.96. The lowest BCUT2D eigenvalue weighted by Crippen LogP contribution is -2.44. The van der Waals surface area contributed by atoms with Crippen LogP contribution in [0, 0.1) is 0 Å². The monoisotopic (exact) mass is 452 g/mol. The molecular weight excluding hydrogens is 412 g/mol. The van der Waals surface area contributed by atoms with Gasteiger partial charge in [-0.1, -0.05) is 31.9 Å². The Morgan fingerprint density at radius 2 is 2.00 bits per heavy atom. The molecule has 0 saturated carbocycles. The number of benzene rings is 1. The van der Waals surface area contributed by atoms with Gasteiger partial charge >= 0.3 is 0 Å². The summed E-state index contributed by atoms with van der Waals surface area (Å²) >= 11 is 0. The predicted molar refractivity (Wildman–Crippen MR) is 135 cm³/mol. The minimum Gasteiger partial charge on any atom is -0.496 e. The van der Waals surface area contributed by atoms with E-state index in [0.29, 0.717) is 0 Å². The highest BCUT2D eigenvalue weighted by atomic mass is 16.5. The van der Waals surface area contributed by atoms with Crippen molar-refractivity contribution in [2.45, 2.75) is 58.7 Å². The quantitative estimate of drug-likeness (QED) is 0.474. The maximum absolute atomic E-state index is 5.83. The number of rotatable bonds is 10. The van der Waals surface area contributed by atoms with Crippen LogP contribution in [0.2, 0.25) is 0 Å². The van der Waals surface area contributed by atoms with Crippen LogP contribution in [0.4, 0.5) is 0 Å². The van der Waals surface area contributed by atoms with E-state index in [9.17, 15) is 0 Å². The summed E-state index contributed by atoms with van der Waals surface area (Å²) in [5, 5.41) is 10.6. The molecule has 180 valence electrons. The maximum atomic E-state index is 5.83. The van der Waals surface area contributed by atoms with Gasteiger partial charge in [-0.15, -0.1) is 0 Å². The van der Waals surface area contributed by atoms with Crippen LogP contribution in [0.3, 0.4) is 0 Å². The molecule has 3 heterocycles. The molecule has 0 radical (unpaired) electrons. The highest BCUT2D eigenvalue weighted by Gasteiger charge is 2.40. The zero-order valence-electron chi connectivity index (χ0n) is 20.7. The fraction of sp³-hybridized carbons (Fsp3) is 0.577. The molecule has 1 unspecified atom stereocenters. The molecular formula is C26H40N6O. The second-order valence-electron chi connectivity index (χ2n) is 9.44. The summed E-state index contributed by atoms with van der Waals surface area (Å²) in [5.41, 5.74) is 3.31. The Bertz CT molecular complexity index is 917. The van der Waals surface area contributed by atoms with Gasteiger partial charge in [-0.05, 0) is 38.0 Å². The van der Waals surface area contributed by atoms with Crippen LogP contribution >= 0.6 is 0 Å². The molecule has 33 heavy (non-hydrogen) atoms. The molecule has 1 atom stereocenters. The molecule has 0 aromatic heterocycles. The number of ether oxygens (including phenoxy) is 1. The SMILES string of the molecule is CCCCCNC1=C2N(Cc3ccc(CN4CCNCC4)cc3OC)C=CC2(C)N=C(C)N1. The topological polar surface area (TPSA) is 64.2 Å². The summed E-state index contributed by atoms with van der Waals surface area (Å²) in [6, 6.07) is 6.67. The number of nitrogens with zero attached hydrogens (tertiary/aromatic N) is 3. The first-order chi connectivity index (χ1) is 16.0. The van der Waals surface area contributed by atoms with E-state index in [4.69, 9.17) is 9.73 Å². The largest absolute Gasteiger partial charge is 0.496 e. The fourth-order valence-electron chi connectivity index (χ4n) is 4.96. The van der Waals surface area contributed by atoms with Crippen molar-refractivity contribution in [1.82, 2.24) is 25.8 Å². The highest BCUT2D eigenvalue weighted by Crippen LogP contribution is 2.38. The average Bonchev–Trinajstić information content (AvgIpc) is 3.14. The van der Waals surface area contributed by atoms with Crippen LogP contribution in [0.15, 0.2) is 47.0 Å². The number of piperazine rings is 1. The molecule has 1 aromatic rings. The van der Waals surface area contributed by atoms with Crippen molar-refractivity contribution < 1.29 is 4.74 Å². The van der Waals surface area contributed by atoms with Gasteiger partial charge in [0.2, 0.25) is 0 Å². The number of amidine groups is 1. The van der Waals surface area contributed by atoms with Gasteiger partial charge < -0.3 is 25.6 Å². The first-order valence-corrected chi connectivity index (χ1v) is 12.4. The summed E-state index contributed by atoms with van der Waals surface area (Å²) < 4.78 is 5.83. The van der Waals surface area contributed by atoms with Gasteiger partial charge in [-0.3, -0.25) is 9.89 Å². The van der Waals surface area contributed by atoms with Crippen LogP contribution < -0.4 is 20.7 Å². The Morgan fingerprint density at radius 3 is 2.76 bits per heavy atom. The molecule has 3 N–H and O–H groups in total. The zero-order valence-corrected chi connectivity index (χ0v) is 20.7. The maximum Gasteiger partial charge on any atom is 0.127 e. The molecule has 0 bridgehead atoms. The van der Waals surface area contributed by atoms with E-state index >= 15 is 0 Å². The second kappa shape index (κ2) is 10.6. The lowest BCUT2D eigenvalue weighted by Gasteiger charge is -2.34. The molecule has 0 aliphatic carbocycles. The van der Waals surface area contributed by atoms with Crippen molar-refractivity contribution in [2.75, 3.05) is 39.8 Å². The third-order valence-corrected chi connectivity index (χ3v) is 6.68. The van der Waals surface area contributed by atoms with Gasteiger partial charge in [-0.2, -0.15) is 0 Å². The number of methoxy groups -OCH3 is 1. The summed E-state index contributed by atoms with van der Waals surface area (Å²) in [5.74, 6) is 2.96.